The minimum absolute atomic E-state index is 0.00490. The summed E-state index contributed by atoms with van der Waals surface area (Å²) in [6, 6.07) is 6.00. The van der Waals surface area contributed by atoms with E-state index < -0.39 is 5.97 Å². The van der Waals surface area contributed by atoms with Crippen LogP contribution in [0.4, 0.5) is 0 Å². The van der Waals surface area contributed by atoms with Crippen LogP contribution in [0.5, 0.6) is 23.0 Å². The van der Waals surface area contributed by atoms with Gasteiger partial charge in [0.05, 0.1) is 0 Å². The SMILES string of the molecule is CCCCCc1cc(O)c2c(c1)OC(C)(C)C1CCC(C)=CC21.CCCCCc1cc2c(c(O)c1C(=O)O)C1C=C(C)CCC1C(C)(C)O2. The van der Waals surface area contributed by atoms with E-state index in [1.807, 2.05) is 12.1 Å². The quantitative estimate of drug-likeness (QED) is 0.181. The fourth-order valence-electron chi connectivity index (χ4n) is 8.91. The molecule has 6 nitrogen and oxygen atoms in total. The molecule has 0 saturated heterocycles. The molecule has 4 aliphatic rings. The zero-order valence-electron chi connectivity index (χ0n) is 31.2. The van der Waals surface area contributed by atoms with E-state index in [9.17, 15) is 20.1 Å². The van der Waals surface area contributed by atoms with Crippen LogP contribution in [0, 0.1) is 11.8 Å². The van der Waals surface area contributed by atoms with Crippen molar-refractivity contribution in [1.82, 2.24) is 0 Å². The number of aromatic hydroxyl groups is 2. The summed E-state index contributed by atoms with van der Waals surface area (Å²) >= 11 is 0. The van der Waals surface area contributed by atoms with Gasteiger partial charge < -0.3 is 24.8 Å². The number of phenolic OH excluding ortho intramolecular Hbond substituents is 1. The number of hydrogen-bond acceptors (Lipinski definition) is 5. The van der Waals surface area contributed by atoms with Crippen molar-refractivity contribution in [3.05, 3.63) is 69.3 Å². The number of aromatic carboxylic acids is 1. The van der Waals surface area contributed by atoms with E-state index in [1.165, 1.54) is 36.0 Å². The normalized spacial score (nSPS) is 24.2. The van der Waals surface area contributed by atoms with Gasteiger partial charge in [-0.25, -0.2) is 4.79 Å². The zero-order chi connectivity index (χ0) is 35.7. The lowest BCUT2D eigenvalue weighted by Gasteiger charge is -2.46. The second-order valence-corrected chi connectivity index (χ2v) is 16.2. The summed E-state index contributed by atoms with van der Waals surface area (Å²) in [7, 11) is 0. The number of fused-ring (bicyclic) bond motifs is 6. The third kappa shape index (κ3) is 7.68. The van der Waals surface area contributed by atoms with E-state index in [0.717, 1.165) is 62.7 Å². The first-order valence-corrected chi connectivity index (χ1v) is 18.9. The van der Waals surface area contributed by atoms with Crippen LogP contribution in [0.3, 0.4) is 0 Å². The summed E-state index contributed by atoms with van der Waals surface area (Å²) in [5, 5.41) is 31.4. The zero-order valence-corrected chi connectivity index (χ0v) is 31.2. The molecule has 0 spiro atoms. The van der Waals surface area contributed by atoms with E-state index in [-0.39, 0.29) is 40.3 Å². The summed E-state index contributed by atoms with van der Waals surface area (Å²) in [6.07, 6.45) is 17.1. The van der Waals surface area contributed by atoms with Gasteiger partial charge in [0.2, 0.25) is 0 Å². The lowest BCUT2D eigenvalue weighted by atomic mass is 9.67. The van der Waals surface area contributed by atoms with Crippen LogP contribution in [0.1, 0.15) is 164 Å². The van der Waals surface area contributed by atoms with Crippen molar-refractivity contribution in [3.63, 3.8) is 0 Å². The fourth-order valence-corrected chi connectivity index (χ4v) is 8.91. The fraction of sp³-hybridized carbons (Fsp3) is 0.605. The van der Waals surface area contributed by atoms with E-state index in [0.29, 0.717) is 35.0 Å². The molecule has 0 saturated carbocycles. The summed E-state index contributed by atoms with van der Waals surface area (Å²) in [5.74, 6) is 1.77. The maximum Gasteiger partial charge on any atom is 0.339 e. The van der Waals surface area contributed by atoms with Gasteiger partial charge in [-0.1, -0.05) is 62.8 Å². The highest BCUT2D eigenvalue weighted by Gasteiger charge is 2.47. The Labute approximate surface area is 294 Å². The van der Waals surface area contributed by atoms with Gasteiger partial charge in [-0.2, -0.15) is 0 Å². The standard InChI is InChI=1S/C22H30O4.C21H30O2/c1-5-6-7-8-14-12-17-19(20(23)18(14)21(24)25)15-11-13(2)9-10-16(15)22(3,4)26-17;1-5-6-7-8-15-12-18(22)20-16-11-14(2)9-10-17(16)21(3,4)23-19(20)13-15/h11-12,15-16,23H,5-10H2,1-4H3,(H,24,25);11-13,16-17,22H,5-10H2,1-4H3. The van der Waals surface area contributed by atoms with Crippen LogP contribution >= 0.6 is 0 Å². The third-order valence-corrected chi connectivity index (χ3v) is 11.6. The molecule has 3 N–H and O–H groups in total. The number of phenols is 2. The highest BCUT2D eigenvalue weighted by molar-refractivity contribution is 5.94. The maximum absolute atomic E-state index is 11.9. The Hall–Kier alpha value is -3.41. The molecule has 268 valence electrons. The number of aryl methyl sites for hydroxylation is 2. The van der Waals surface area contributed by atoms with Crippen LogP contribution in [-0.4, -0.2) is 32.5 Å². The molecule has 2 aliphatic carbocycles. The molecule has 2 aliphatic heterocycles. The molecule has 0 fully saturated rings. The lowest BCUT2D eigenvalue weighted by Crippen LogP contribution is -2.45. The van der Waals surface area contributed by atoms with Crippen molar-refractivity contribution in [2.45, 2.75) is 155 Å². The topological polar surface area (TPSA) is 96.2 Å². The first-order valence-electron chi connectivity index (χ1n) is 18.9. The molecular formula is C43H60O6. The van der Waals surface area contributed by atoms with E-state index in [2.05, 4.69) is 73.6 Å². The molecule has 0 amide bonds. The number of carboxylic acid groups (broad SMARTS) is 1. The second kappa shape index (κ2) is 14.8. The second-order valence-electron chi connectivity index (χ2n) is 16.2. The summed E-state index contributed by atoms with van der Waals surface area (Å²) < 4.78 is 12.7. The van der Waals surface area contributed by atoms with Gasteiger partial charge in [-0.05, 0) is 122 Å². The smallest absolute Gasteiger partial charge is 0.339 e. The van der Waals surface area contributed by atoms with E-state index >= 15 is 0 Å². The lowest BCUT2D eigenvalue weighted by molar-refractivity contribution is 0.0103. The molecular weight excluding hydrogens is 612 g/mol. The Morgan fingerprint density at radius 2 is 1.27 bits per heavy atom. The number of benzene rings is 2. The monoisotopic (exact) mass is 672 g/mol. The minimum atomic E-state index is -1.06. The van der Waals surface area contributed by atoms with Crippen LogP contribution < -0.4 is 9.47 Å². The summed E-state index contributed by atoms with van der Waals surface area (Å²) in [4.78, 5) is 11.9. The number of carbonyl (C=O) groups is 1. The van der Waals surface area contributed by atoms with Crippen molar-refractivity contribution in [3.8, 4) is 23.0 Å². The average molecular weight is 673 g/mol. The van der Waals surface area contributed by atoms with E-state index in [4.69, 9.17) is 9.47 Å². The van der Waals surface area contributed by atoms with Gasteiger partial charge in [-0.3, -0.25) is 0 Å². The van der Waals surface area contributed by atoms with Crippen LogP contribution in [0.25, 0.3) is 0 Å². The Morgan fingerprint density at radius 3 is 1.80 bits per heavy atom. The van der Waals surface area contributed by atoms with Crippen molar-refractivity contribution in [2.75, 3.05) is 0 Å². The van der Waals surface area contributed by atoms with Crippen molar-refractivity contribution in [2.24, 2.45) is 11.8 Å². The Kier molecular flexibility index (Phi) is 11.2. The first-order chi connectivity index (χ1) is 23.2. The first kappa shape index (κ1) is 36.9. The number of hydrogen-bond donors (Lipinski definition) is 3. The highest BCUT2D eigenvalue weighted by Crippen LogP contribution is 2.55. The van der Waals surface area contributed by atoms with Crippen molar-refractivity contribution >= 4 is 5.97 Å². The molecule has 49 heavy (non-hydrogen) atoms. The van der Waals surface area contributed by atoms with Crippen LogP contribution in [0.2, 0.25) is 0 Å². The Morgan fingerprint density at radius 1 is 0.755 bits per heavy atom. The van der Waals surface area contributed by atoms with Gasteiger partial charge in [0.15, 0.2) is 0 Å². The molecule has 2 aromatic rings. The van der Waals surface area contributed by atoms with Gasteiger partial charge >= 0.3 is 5.97 Å². The number of ether oxygens (including phenoxy) is 2. The van der Waals surface area contributed by atoms with Crippen molar-refractivity contribution < 1.29 is 29.6 Å². The van der Waals surface area contributed by atoms with E-state index in [1.54, 1.807) is 0 Å². The number of allylic oxidation sites excluding steroid dienone is 4. The molecule has 6 rings (SSSR count). The molecule has 4 atom stereocenters. The molecule has 2 aromatic carbocycles. The third-order valence-electron chi connectivity index (χ3n) is 11.6. The summed E-state index contributed by atoms with van der Waals surface area (Å²) in [5.41, 5.74) is 5.79. The molecule has 0 radical (unpaired) electrons. The number of unbranched alkanes of at least 4 members (excludes halogenated alkanes) is 4. The van der Waals surface area contributed by atoms with Crippen LogP contribution in [-0.2, 0) is 12.8 Å². The van der Waals surface area contributed by atoms with Crippen molar-refractivity contribution in [1.29, 1.82) is 0 Å². The highest BCUT2D eigenvalue weighted by atomic mass is 16.5. The predicted molar refractivity (Wildman–Crippen MR) is 197 cm³/mol. The molecule has 2 heterocycles. The van der Waals surface area contributed by atoms with Gasteiger partial charge in [0, 0.05) is 34.8 Å². The summed E-state index contributed by atoms with van der Waals surface area (Å²) in [6.45, 7) is 17.2. The van der Waals surface area contributed by atoms with Crippen LogP contribution in [0.15, 0.2) is 41.5 Å². The molecule has 4 unspecified atom stereocenters. The number of carboxylic acids is 1. The average Bonchev–Trinajstić information content (AvgIpc) is 3.00. The minimum Gasteiger partial charge on any atom is -0.507 e. The van der Waals surface area contributed by atoms with Gasteiger partial charge in [0.1, 0.15) is 39.8 Å². The molecule has 0 aromatic heterocycles. The van der Waals surface area contributed by atoms with Gasteiger partial charge in [0.25, 0.3) is 0 Å². The molecule has 0 bridgehead atoms. The number of rotatable bonds is 9. The maximum atomic E-state index is 11.9. The predicted octanol–water partition coefficient (Wildman–Crippen LogP) is 11.2. The Bertz CT molecular complexity index is 1590. The largest absolute Gasteiger partial charge is 0.507 e. The van der Waals surface area contributed by atoms with Gasteiger partial charge in [-0.15, -0.1) is 0 Å². The Balaban J connectivity index is 0.000000192. The molecule has 6 heteroatoms.